The van der Waals surface area contributed by atoms with Crippen LogP contribution in [0.1, 0.15) is 11.1 Å². The molecular formula is C22H24ClN3O2. The first kappa shape index (κ1) is 20.1. The second kappa shape index (κ2) is 9.53. The minimum atomic E-state index is -0.104. The van der Waals surface area contributed by atoms with Gasteiger partial charge in [0.2, 0.25) is 11.8 Å². The van der Waals surface area contributed by atoms with Gasteiger partial charge in [-0.1, -0.05) is 53.6 Å². The summed E-state index contributed by atoms with van der Waals surface area (Å²) in [6, 6.07) is 15.2. The van der Waals surface area contributed by atoms with E-state index in [9.17, 15) is 9.59 Å². The van der Waals surface area contributed by atoms with E-state index in [1.807, 2.05) is 59.2 Å². The van der Waals surface area contributed by atoms with E-state index in [2.05, 4.69) is 5.32 Å². The lowest BCUT2D eigenvalue weighted by Gasteiger charge is -2.33. The lowest BCUT2D eigenvalue weighted by atomic mass is 10.1. The molecule has 3 rings (SSSR count). The number of piperazine rings is 1. The highest BCUT2D eigenvalue weighted by molar-refractivity contribution is 6.33. The first-order chi connectivity index (χ1) is 13.5. The number of nitrogens with zero attached hydrogens (tertiary/aromatic N) is 2. The summed E-state index contributed by atoms with van der Waals surface area (Å²) in [5, 5.41) is 3.35. The van der Waals surface area contributed by atoms with E-state index < -0.39 is 0 Å². The SMILES string of the molecule is Cc1cccc(/C=C/C(=O)N2CCN(CC(=O)Nc3ccccc3Cl)CC2)c1. The molecule has 1 N–H and O–H groups in total. The van der Waals surface area contributed by atoms with Crippen LogP contribution in [0, 0.1) is 6.92 Å². The van der Waals surface area contributed by atoms with Crippen molar-refractivity contribution >= 4 is 35.2 Å². The van der Waals surface area contributed by atoms with Crippen LogP contribution in [-0.4, -0.2) is 54.3 Å². The average molecular weight is 398 g/mol. The van der Waals surface area contributed by atoms with Crippen molar-refractivity contribution in [3.63, 3.8) is 0 Å². The smallest absolute Gasteiger partial charge is 0.246 e. The normalized spacial score (nSPS) is 15.0. The number of halogens is 1. The quantitative estimate of drug-likeness (QED) is 0.786. The number of para-hydroxylation sites is 1. The van der Waals surface area contributed by atoms with Gasteiger partial charge in [0.25, 0.3) is 0 Å². The lowest BCUT2D eigenvalue weighted by molar-refractivity contribution is -0.127. The topological polar surface area (TPSA) is 52.7 Å². The summed E-state index contributed by atoms with van der Waals surface area (Å²) in [5.74, 6) is -0.103. The largest absolute Gasteiger partial charge is 0.337 e. The molecule has 2 aromatic rings. The Labute approximate surface area is 170 Å². The van der Waals surface area contributed by atoms with Gasteiger partial charge in [0.05, 0.1) is 17.3 Å². The standard InChI is InChI=1S/C22H24ClN3O2/c1-17-5-4-6-18(15-17)9-10-22(28)26-13-11-25(12-14-26)16-21(27)24-20-8-3-2-7-19(20)23/h2-10,15H,11-14,16H2,1H3,(H,24,27)/b10-9+. The van der Waals surface area contributed by atoms with Gasteiger partial charge in [0.15, 0.2) is 0 Å². The number of rotatable bonds is 5. The number of hydrogen-bond donors (Lipinski definition) is 1. The van der Waals surface area contributed by atoms with E-state index in [0.717, 1.165) is 5.56 Å². The number of carbonyl (C=O) groups excluding carboxylic acids is 2. The molecular weight excluding hydrogens is 374 g/mol. The van der Waals surface area contributed by atoms with Crippen LogP contribution in [0.2, 0.25) is 5.02 Å². The fourth-order valence-corrected chi connectivity index (χ4v) is 3.31. The van der Waals surface area contributed by atoms with Gasteiger partial charge in [0, 0.05) is 32.3 Å². The fraction of sp³-hybridized carbons (Fsp3) is 0.273. The molecule has 6 heteroatoms. The van der Waals surface area contributed by atoms with Gasteiger partial charge in [-0.25, -0.2) is 0 Å². The lowest BCUT2D eigenvalue weighted by Crippen LogP contribution is -2.50. The van der Waals surface area contributed by atoms with Crippen molar-refractivity contribution in [3.05, 3.63) is 70.8 Å². The fourth-order valence-electron chi connectivity index (χ4n) is 3.13. The third kappa shape index (κ3) is 5.68. The zero-order valence-corrected chi connectivity index (χ0v) is 16.7. The predicted molar refractivity (Wildman–Crippen MR) is 113 cm³/mol. The summed E-state index contributed by atoms with van der Waals surface area (Å²) in [6.45, 7) is 4.86. The van der Waals surface area contributed by atoms with Gasteiger partial charge in [-0.15, -0.1) is 0 Å². The van der Waals surface area contributed by atoms with Crippen LogP contribution in [-0.2, 0) is 9.59 Å². The molecule has 1 heterocycles. The maximum atomic E-state index is 12.4. The summed E-state index contributed by atoms with van der Waals surface area (Å²) < 4.78 is 0. The molecule has 2 aromatic carbocycles. The molecule has 28 heavy (non-hydrogen) atoms. The molecule has 0 atom stereocenters. The van der Waals surface area contributed by atoms with Crippen LogP contribution >= 0.6 is 11.6 Å². The molecule has 0 bridgehead atoms. The highest BCUT2D eigenvalue weighted by Crippen LogP contribution is 2.20. The molecule has 2 amide bonds. The molecule has 0 saturated carbocycles. The van der Waals surface area contributed by atoms with Crippen molar-refractivity contribution in [2.45, 2.75) is 6.92 Å². The van der Waals surface area contributed by atoms with Crippen molar-refractivity contribution in [2.24, 2.45) is 0 Å². The minimum absolute atomic E-state index is 0.00155. The second-order valence-corrected chi connectivity index (χ2v) is 7.28. The van der Waals surface area contributed by atoms with E-state index >= 15 is 0 Å². The van der Waals surface area contributed by atoms with Crippen LogP contribution in [0.5, 0.6) is 0 Å². The van der Waals surface area contributed by atoms with Crippen molar-refractivity contribution in [1.82, 2.24) is 9.80 Å². The Morgan fingerprint density at radius 1 is 1.07 bits per heavy atom. The molecule has 5 nitrogen and oxygen atoms in total. The van der Waals surface area contributed by atoms with Crippen LogP contribution in [0.25, 0.3) is 6.08 Å². The summed E-state index contributed by atoms with van der Waals surface area (Å²) in [7, 11) is 0. The number of nitrogens with one attached hydrogen (secondary N) is 1. The van der Waals surface area contributed by atoms with Gasteiger partial charge in [-0.05, 0) is 30.7 Å². The van der Waals surface area contributed by atoms with Crippen molar-refractivity contribution in [2.75, 3.05) is 38.0 Å². The van der Waals surface area contributed by atoms with Crippen LogP contribution < -0.4 is 5.32 Å². The Kier molecular flexibility index (Phi) is 6.85. The minimum Gasteiger partial charge on any atom is -0.337 e. The Morgan fingerprint density at radius 3 is 2.54 bits per heavy atom. The average Bonchev–Trinajstić information content (AvgIpc) is 2.68. The summed E-state index contributed by atoms with van der Waals surface area (Å²) in [5.41, 5.74) is 2.80. The molecule has 0 aromatic heterocycles. The van der Waals surface area contributed by atoms with Crippen LogP contribution in [0.15, 0.2) is 54.6 Å². The maximum absolute atomic E-state index is 12.4. The molecule has 1 saturated heterocycles. The molecule has 0 unspecified atom stereocenters. The molecule has 0 spiro atoms. The molecule has 146 valence electrons. The number of carbonyl (C=O) groups is 2. The summed E-state index contributed by atoms with van der Waals surface area (Å²) >= 11 is 6.07. The zero-order chi connectivity index (χ0) is 19.9. The zero-order valence-electron chi connectivity index (χ0n) is 15.9. The molecule has 1 aliphatic rings. The van der Waals surface area contributed by atoms with Gasteiger partial charge in [-0.3, -0.25) is 14.5 Å². The van der Waals surface area contributed by atoms with E-state index in [0.29, 0.717) is 36.9 Å². The summed E-state index contributed by atoms with van der Waals surface area (Å²) in [4.78, 5) is 28.5. The number of amides is 2. The molecule has 1 fully saturated rings. The highest BCUT2D eigenvalue weighted by Gasteiger charge is 2.21. The van der Waals surface area contributed by atoms with E-state index in [1.54, 1.807) is 18.2 Å². The van der Waals surface area contributed by atoms with Crippen molar-refractivity contribution in [1.29, 1.82) is 0 Å². The first-order valence-corrected chi connectivity index (χ1v) is 9.69. The van der Waals surface area contributed by atoms with Crippen LogP contribution in [0.4, 0.5) is 5.69 Å². The third-order valence-electron chi connectivity index (χ3n) is 4.66. The van der Waals surface area contributed by atoms with E-state index in [1.165, 1.54) is 5.56 Å². The van der Waals surface area contributed by atoms with Crippen molar-refractivity contribution < 1.29 is 9.59 Å². The number of hydrogen-bond acceptors (Lipinski definition) is 3. The van der Waals surface area contributed by atoms with Crippen molar-refractivity contribution in [3.8, 4) is 0 Å². The maximum Gasteiger partial charge on any atom is 0.246 e. The Hall–Kier alpha value is -2.63. The van der Waals surface area contributed by atoms with Gasteiger partial charge >= 0.3 is 0 Å². The Morgan fingerprint density at radius 2 is 1.82 bits per heavy atom. The molecule has 1 aliphatic heterocycles. The van der Waals surface area contributed by atoms with E-state index in [-0.39, 0.29) is 18.4 Å². The highest BCUT2D eigenvalue weighted by atomic mass is 35.5. The molecule has 0 radical (unpaired) electrons. The Balaban J connectivity index is 1.45. The van der Waals surface area contributed by atoms with Gasteiger partial charge in [-0.2, -0.15) is 0 Å². The second-order valence-electron chi connectivity index (χ2n) is 6.88. The Bertz CT molecular complexity index is 874. The first-order valence-electron chi connectivity index (χ1n) is 9.31. The van der Waals surface area contributed by atoms with E-state index in [4.69, 9.17) is 11.6 Å². The predicted octanol–water partition coefficient (Wildman–Crippen LogP) is 3.44. The summed E-state index contributed by atoms with van der Waals surface area (Å²) in [6.07, 6.45) is 3.47. The van der Waals surface area contributed by atoms with Crippen LogP contribution in [0.3, 0.4) is 0 Å². The van der Waals surface area contributed by atoms with Gasteiger partial charge in [0.1, 0.15) is 0 Å². The van der Waals surface area contributed by atoms with Gasteiger partial charge < -0.3 is 10.2 Å². The third-order valence-corrected chi connectivity index (χ3v) is 4.99. The molecule has 0 aliphatic carbocycles. The number of benzene rings is 2. The monoisotopic (exact) mass is 397 g/mol. The number of aryl methyl sites for hydroxylation is 1. The number of anilines is 1.